The van der Waals surface area contributed by atoms with E-state index in [1.165, 1.54) is 11.3 Å². The number of hydrogen-bond acceptors (Lipinski definition) is 4. The van der Waals surface area contributed by atoms with Crippen molar-refractivity contribution >= 4 is 32.8 Å². The third-order valence-electron chi connectivity index (χ3n) is 7.44. The molecule has 0 saturated heterocycles. The molecule has 0 amide bonds. The van der Waals surface area contributed by atoms with E-state index < -0.39 is 10.0 Å². The summed E-state index contributed by atoms with van der Waals surface area (Å²) in [5, 5.41) is 3.51. The lowest BCUT2D eigenvalue weighted by Gasteiger charge is -2.24. The number of rotatable bonds is 11. The molecular weight excluding hydrogens is 502 g/mol. The van der Waals surface area contributed by atoms with E-state index in [0.29, 0.717) is 16.5 Å². The van der Waals surface area contributed by atoms with Gasteiger partial charge < -0.3 is 10.2 Å². The largest absolute Gasteiger partial charge is 0.372 e. The molecule has 0 aliphatic rings. The van der Waals surface area contributed by atoms with E-state index in [4.69, 9.17) is 0 Å². The summed E-state index contributed by atoms with van der Waals surface area (Å²) in [6, 6.07) is 16.4. The van der Waals surface area contributed by atoms with Crippen LogP contribution in [0.1, 0.15) is 101 Å². The summed E-state index contributed by atoms with van der Waals surface area (Å²) in [7, 11) is -3.80. The minimum atomic E-state index is -3.80. The summed E-state index contributed by atoms with van der Waals surface area (Å²) in [6.45, 7) is 22.9. The second-order valence-electron chi connectivity index (χ2n) is 11.4. The normalized spacial score (nSPS) is 11.9. The van der Waals surface area contributed by atoms with Crippen LogP contribution in [-0.2, 0) is 10.0 Å². The molecule has 3 rings (SSSR count). The molecule has 0 aliphatic carbocycles. The van der Waals surface area contributed by atoms with Crippen molar-refractivity contribution < 1.29 is 8.42 Å². The molecule has 5 nitrogen and oxygen atoms in total. The smallest absolute Gasteiger partial charge is 0.262 e. The number of benzene rings is 3. The minimum Gasteiger partial charge on any atom is -0.372 e. The van der Waals surface area contributed by atoms with Crippen LogP contribution in [-0.4, -0.2) is 21.5 Å². The molecule has 0 saturated carbocycles. The summed E-state index contributed by atoms with van der Waals surface area (Å²) in [5.41, 5.74) is 8.69. The van der Waals surface area contributed by atoms with Crippen molar-refractivity contribution in [2.24, 2.45) is 0 Å². The van der Waals surface area contributed by atoms with Gasteiger partial charge in [-0.15, -0.1) is 0 Å². The Hall–Kier alpha value is -2.99. The third kappa shape index (κ3) is 6.96. The van der Waals surface area contributed by atoms with Gasteiger partial charge in [0.1, 0.15) is 0 Å². The molecule has 0 radical (unpaired) electrons. The van der Waals surface area contributed by atoms with Gasteiger partial charge in [0.15, 0.2) is 0 Å². The Kier molecular flexibility index (Phi) is 9.76. The monoisotopic (exact) mass is 549 g/mol. The van der Waals surface area contributed by atoms with Gasteiger partial charge in [0.2, 0.25) is 0 Å². The standard InChI is InChI=1S/C33H47N3O2S/c1-11-36(12-2)28-14-16-31(25(10)18-28)34-27-13-15-32(24(9)17-27)35-39(37,38)33-29(22(5)6)19-26(21(3)4)20-30(33)23(7)8/h13-23,34-35H,11-12H2,1-10H3. The Morgan fingerprint density at radius 1 is 0.718 bits per heavy atom. The zero-order valence-electron chi connectivity index (χ0n) is 25.4. The maximum Gasteiger partial charge on any atom is 0.262 e. The molecule has 6 heteroatoms. The molecule has 0 atom stereocenters. The van der Waals surface area contributed by atoms with Crippen LogP contribution in [0.2, 0.25) is 0 Å². The Morgan fingerprint density at radius 3 is 1.72 bits per heavy atom. The lowest BCUT2D eigenvalue weighted by molar-refractivity contribution is 0.595. The maximum atomic E-state index is 13.9. The Balaban J connectivity index is 1.93. The molecule has 0 fully saturated rings. The Labute approximate surface area is 237 Å². The first-order valence-electron chi connectivity index (χ1n) is 14.2. The van der Waals surface area contributed by atoms with E-state index in [0.717, 1.165) is 46.7 Å². The molecule has 0 spiro atoms. The molecule has 212 valence electrons. The van der Waals surface area contributed by atoms with E-state index in [-0.39, 0.29) is 11.8 Å². The molecule has 0 bridgehead atoms. The number of sulfonamides is 1. The van der Waals surface area contributed by atoms with Crippen LogP contribution in [0.5, 0.6) is 0 Å². The van der Waals surface area contributed by atoms with Gasteiger partial charge in [-0.3, -0.25) is 4.72 Å². The highest BCUT2D eigenvalue weighted by Crippen LogP contribution is 2.37. The Bertz CT molecular complexity index is 1380. The highest BCUT2D eigenvalue weighted by Gasteiger charge is 2.27. The highest BCUT2D eigenvalue weighted by molar-refractivity contribution is 7.92. The lowest BCUT2D eigenvalue weighted by Crippen LogP contribution is -2.21. The van der Waals surface area contributed by atoms with E-state index in [1.54, 1.807) is 0 Å². The van der Waals surface area contributed by atoms with Crippen molar-refractivity contribution in [3.63, 3.8) is 0 Å². The summed E-state index contributed by atoms with van der Waals surface area (Å²) < 4.78 is 30.7. The number of anilines is 4. The van der Waals surface area contributed by atoms with E-state index >= 15 is 0 Å². The number of aryl methyl sites for hydroxylation is 2. The lowest BCUT2D eigenvalue weighted by atomic mass is 9.89. The van der Waals surface area contributed by atoms with E-state index in [2.05, 4.69) is 108 Å². The molecular formula is C33H47N3O2S. The fraction of sp³-hybridized carbons (Fsp3) is 0.455. The van der Waals surface area contributed by atoms with Gasteiger partial charge in [-0.05, 0) is 110 Å². The quantitative estimate of drug-likeness (QED) is 0.250. The van der Waals surface area contributed by atoms with Gasteiger partial charge in [-0.1, -0.05) is 53.7 Å². The van der Waals surface area contributed by atoms with Crippen LogP contribution in [0.3, 0.4) is 0 Å². The van der Waals surface area contributed by atoms with Gasteiger partial charge >= 0.3 is 0 Å². The maximum absolute atomic E-state index is 13.9. The van der Waals surface area contributed by atoms with Crippen molar-refractivity contribution in [2.75, 3.05) is 28.0 Å². The van der Waals surface area contributed by atoms with Gasteiger partial charge in [0.05, 0.1) is 10.6 Å². The van der Waals surface area contributed by atoms with Crippen LogP contribution in [0, 0.1) is 13.8 Å². The Morgan fingerprint density at radius 2 is 1.26 bits per heavy atom. The summed E-state index contributed by atoms with van der Waals surface area (Å²) in [4.78, 5) is 2.75. The molecule has 3 aromatic carbocycles. The average Bonchev–Trinajstić information content (AvgIpc) is 2.86. The first-order chi connectivity index (χ1) is 18.3. The fourth-order valence-electron chi connectivity index (χ4n) is 4.98. The van der Waals surface area contributed by atoms with Crippen LogP contribution in [0.15, 0.2) is 53.4 Å². The second-order valence-corrected chi connectivity index (χ2v) is 13.0. The summed E-state index contributed by atoms with van der Waals surface area (Å²) in [6.07, 6.45) is 0. The summed E-state index contributed by atoms with van der Waals surface area (Å²) in [5.74, 6) is 0.484. The van der Waals surface area contributed by atoms with E-state index in [9.17, 15) is 8.42 Å². The van der Waals surface area contributed by atoms with Crippen molar-refractivity contribution in [3.05, 3.63) is 76.3 Å². The topological polar surface area (TPSA) is 61.4 Å². The molecule has 39 heavy (non-hydrogen) atoms. The predicted octanol–water partition coefficient (Wildman–Crippen LogP) is 9.06. The predicted molar refractivity (Wildman–Crippen MR) is 169 cm³/mol. The van der Waals surface area contributed by atoms with Crippen LogP contribution < -0.4 is 14.9 Å². The van der Waals surface area contributed by atoms with Gasteiger partial charge in [0.25, 0.3) is 10.0 Å². The zero-order valence-corrected chi connectivity index (χ0v) is 26.3. The average molecular weight is 550 g/mol. The third-order valence-corrected chi connectivity index (χ3v) is 8.93. The van der Waals surface area contributed by atoms with E-state index in [1.807, 2.05) is 25.1 Å². The van der Waals surface area contributed by atoms with Gasteiger partial charge in [-0.2, -0.15) is 0 Å². The van der Waals surface area contributed by atoms with Crippen molar-refractivity contribution in [1.29, 1.82) is 0 Å². The number of hydrogen-bond donors (Lipinski definition) is 2. The minimum absolute atomic E-state index is 0.0804. The molecule has 0 aromatic heterocycles. The highest BCUT2D eigenvalue weighted by atomic mass is 32.2. The molecule has 2 N–H and O–H groups in total. The van der Waals surface area contributed by atoms with Crippen molar-refractivity contribution in [2.45, 2.75) is 91.9 Å². The van der Waals surface area contributed by atoms with Crippen molar-refractivity contribution in [3.8, 4) is 0 Å². The van der Waals surface area contributed by atoms with Gasteiger partial charge in [-0.25, -0.2) is 8.42 Å². The second kappa shape index (κ2) is 12.5. The van der Waals surface area contributed by atoms with Crippen LogP contribution in [0.25, 0.3) is 0 Å². The molecule has 0 aliphatic heterocycles. The number of nitrogens with zero attached hydrogens (tertiary/aromatic N) is 1. The van der Waals surface area contributed by atoms with Crippen molar-refractivity contribution in [1.82, 2.24) is 0 Å². The molecule has 3 aromatic rings. The first-order valence-corrected chi connectivity index (χ1v) is 15.7. The SMILES string of the molecule is CCN(CC)c1ccc(Nc2ccc(NS(=O)(=O)c3c(C(C)C)cc(C(C)C)cc3C(C)C)c(C)c2)c(C)c1. The summed E-state index contributed by atoms with van der Waals surface area (Å²) >= 11 is 0. The molecule has 0 unspecified atom stereocenters. The zero-order chi connectivity index (χ0) is 29.1. The first kappa shape index (κ1) is 30.6. The van der Waals surface area contributed by atoms with Crippen LogP contribution >= 0.6 is 0 Å². The molecule has 0 heterocycles. The fourth-order valence-corrected chi connectivity index (χ4v) is 6.81. The number of nitrogens with one attached hydrogen (secondary N) is 2. The van der Waals surface area contributed by atoms with Crippen LogP contribution in [0.4, 0.5) is 22.7 Å². The van der Waals surface area contributed by atoms with Gasteiger partial charge in [0, 0.05) is 30.2 Å².